The van der Waals surface area contributed by atoms with Crippen LogP contribution < -0.4 is 14.7 Å². The van der Waals surface area contributed by atoms with Crippen molar-refractivity contribution in [3.05, 3.63) is 35.8 Å². The van der Waals surface area contributed by atoms with E-state index >= 15 is 0 Å². The zero-order chi connectivity index (χ0) is 17.1. The largest absolute Gasteiger partial charge is 0.368 e. The molecular weight excluding hydrogens is 302 g/mol. The number of pyridine rings is 1. The Balaban J connectivity index is 1.72. The van der Waals surface area contributed by atoms with Gasteiger partial charge in [0.1, 0.15) is 17.6 Å². The molecule has 0 bridgehead atoms. The summed E-state index contributed by atoms with van der Waals surface area (Å²) in [6, 6.07) is 7.92. The van der Waals surface area contributed by atoms with E-state index in [0.717, 1.165) is 49.3 Å². The highest BCUT2D eigenvalue weighted by atomic mass is 15.3. The van der Waals surface area contributed by atoms with Gasteiger partial charge in [0.2, 0.25) is 5.95 Å². The number of nitrogens with zero attached hydrogens (tertiary/aromatic N) is 7. The lowest BCUT2D eigenvalue weighted by Gasteiger charge is -2.37. The van der Waals surface area contributed by atoms with E-state index in [0.29, 0.717) is 5.69 Å². The fourth-order valence-corrected chi connectivity index (χ4v) is 2.77. The summed E-state index contributed by atoms with van der Waals surface area (Å²) in [5, 5.41) is 8.99. The van der Waals surface area contributed by atoms with E-state index in [-0.39, 0.29) is 0 Å². The molecule has 0 radical (unpaired) electrons. The molecular formula is C17H21N7. The van der Waals surface area contributed by atoms with Gasteiger partial charge in [0.25, 0.3) is 0 Å². The molecule has 0 spiro atoms. The van der Waals surface area contributed by atoms with Crippen molar-refractivity contribution in [2.75, 3.05) is 55.0 Å². The zero-order valence-corrected chi connectivity index (χ0v) is 14.3. The Kier molecular flexibility index (Phi) is 4.47. The Bertz CT molecular complexity index is 758. The van der Waals surface area contributed by atoms with E-state index in [1.165, 1.54) is 0 Å². The minimum Gasteiger partial charge on any atom is -0.368 e. The van der Waals surface area contributed by atoms with E-state index in [2.05, 4.69) is 30.8 Å². The van der Waals surface area contributed by atoms with Crippen LogP contribution in [0.1, 0.15) is 11.4 Å². The van der Waals surface area contributed by atoms with Crippen LogP contribution in [0.4, 0.5) is 17.5 Å². The van der Waals surface area contributed by atoms with Gasteiger partial charge in [-0.3, -0.25) is 0 Å². The Morgan fingerprint density at radius 2 is 1.79 bits per heavy atom. The van der Waals surface area contributed by atoms with Crippen LogP contribution in [0.5, 0.6) is 0 Å². The van der Waals surface area contributed by atoms with Crippen LogP contribution in [0.25, 0.3) is 0 Å². The first-order valence-electron chi connectivity index (χ1n) is 7.96. The lowest BCUT2D eigenvalue weighted by molar-refractivity contribution is 0.646. The fraction of sp³-hybridized carbons (Fsp3) is 0.412. The summed E-state index contributed by atoms with van der Waals surface area (Å²) in [6.45, 7) is 5.53. The maximum atomic E-state index is 8.99. The van der Waals surface area contributed by atoms with Crippen LogP contribution in [0.3, 0.4) is 0 Å². The molecule has 0 N–H and O–H groups in total. The summed E-state index contributed by atoms with van der Waals surface area (Å²) in [5.41, 5.74) is 2.48. The SMILES string of the molecule is Cc1cc(N2CCN(c3ccnc(C#N)c3)CC2)nc(N(C)C)n1. The third-order valence-corrected chi connectivity index (χ3v) is 4.06. The second-order valence-corrected chi connectivity index (χ2v) is 6.05. The molecule has 0 aliphatic carbocycles. The Hall–Kier alpha value is -2.88. The Morgan fingerprint density at radius 3 is 2.46 bits per heavy atom. The molecule has 1 saturated heterocycles. The molecule has 0 aromatic carbocycles. The van der Waals surface area contributed by atoms with Gasteiger partial charge >= 0.3 is 0 Å². The number of rotatable bonds is 3. The summed E-state index contributed by atoms with van der Waals surface area (Å²) in [6.07, 6.45) is 1.69. The van der Waals surface area contributed by atoms with Crippen LogP contribution in [0.2, 0.25) is 0 Å². The molecule has 0 amide bonds. The average molecular weight is 323 g/mol. The number of nitriles is 1. The summed E-state index contributed by atoms with van der Waals surface area (Å²) in [4.78, 5) is 19.6. The van der Waals surface area contributed by atoms with E-state index in [1.807, 2.05) is 44.1 Å². The van der Waals surface area contributed by atoms with E-state index in [1.54, 1.807) is 6.20 Å². The molecule has 1 aliphatic rings. The number of hydrogen-bond donors (Lipinski definition) is 0. The first-order valence-corrected chi connectivity index (χ1v) is 7.96. The molecule has 0 atom stereocenters. The molecule has 7 heteroatoms. The highest BCUT2D eigenvalue weighted by molar-refractivity contribution is 5.52. The predicted octanol–water partition coefficient (Wildman–Crippen LogP) is 1.44. The van der Waals surface area contributed by atoms with Gasteiger partial charge in [-0.1, -0.05) is 0 Å². The lowest BCUT2D eigenvalue weighted by atomic mass is 10.2. The molecule has 0 saturated carbocycles. The maximum Gasteiger partial charge on any atom is 0.226 e. The quantitative estimate of drug-likeness (QED) is 0.846. The maximum absolute atomic E-state index is 8.99. The third-order valence-electron chi connectivity index (χ3n) is 4.06. The molecule has 0 unspecified atom stereocenters. The van der Waals surface area contributed by atoms with Crippen LogP contribution in [-0.4, -0.2) is 55.2 Å². The van der Waals surface area contributed by atoms with Crippen molar-refractivity contribution in [1.82, 2.24) is 15.0 Å². The summed E-state index contributed by atoms with van der Waals surface area (Å²) in [5.74, 6) is 1.71. The first kappa shape index (κ1) is 16.0. The van der Waals surface area contributed by atoms with Gasteiger partial charge in [-0.15, -0.1) is 0 Å². The van der Waals surface area contributed by atoms with E-state index < -0.39 is 0 Å². The van der Waals surface area contributed by atoms with E-state index in [9.17, 15) is 0 Å². The van der Waals surface area contributed by atoms with Gasteiger partial charge in [-0.05, 0) is 19.1 Å². The van der Waals surface area contributed by atoms with Crippen molar-refractivity contribution < 1.29 is 0 Å². The second-order valence-electron chi connectivity index (χ2n) is 6.05. The third kappa shape index (κ3) is 3.38. The average Bonchev–Trinajstić information content (AvgIpc) is 2.61. The van der Waals surface area contributed by atoms with Crippen molar-refractivity contribution in [2.45, 2.75) is 6.92 Å². The first-order chi connectivity index (χ1) is 11.6. The van der Waals surface area contributed by atoms with E-state index in [4.69, 9.17) is 5.26 Å². The standard InChI is InChI=1S/C17H21N7/c1-13-10-16(21-17(20-13)22(2)3)24-8-6-23(7-9-24)15-4-5-19-14(11-15)12-18/h4-5,10-11H,6-9H2,1-3H3. The molecule has 124 valence electrons. The smallest absolute Gasteiger partial charge is 0.226 e. The van der Waals surface area contributed by atoms with Gasteiger partial charge in [0.05, 0.1) is 0 Å². The highest BCUT2D eigenvalue weighted by Gasteiger charge is 2.20. The van der Waals surface area contributed by atoms with Gasteiger partial charge in [0.15, 0.2) is 0 Å². The molecule has 7 nitrogen and oxygen atoms in total. The van der Waals surface area contributed by atoms with Gasteiger partial charge in [-0.25, -0.2) is 9.97 Å². The Labute approximate surface area is 142 Å². The Morgan fingerprint density at radius 1 is 1.08 bits per heavy atom. The predicted molar refractivity (Wildman–Crippen MR) is 94.5 cm³/mol. The summed E-state index contributed by atoms with van der Waals surface area (Å²) >= 11 is 0. The van der Waals surface area contributed by atoms with Gasteiger partial charge in [0, 0.05) is 63.9 Å². The van der Waals surface area contributed by atoms with Crippen molar-refractivity contribution in [3.63, 3.8) is 0 Å². The van der Waals surface area contributed by atoms with Crippen LogP contribution >= 0.6 is 0 Å². The van der Waals surface area contributed by atoms with Crippen molar-refractivity contribution in [1.29, 1.82) is 5.26 Å². The zero-order valence-electron chi connectivity index (χ0n) is 14.3. The minimum atomic E-state index is 0.456. The van der Waals surface area contributed by atoms with Crippen molar-refractivity contribution >= 4 is 17.5 Å². The number of piperazine rings is 1. The van der Waals surface area contributed by atoms with Crippen LogP contribution in [0.15, 0.2) is 24.4 Å². The topological polar surface area (TPSA) is 72.2 Å². The molecule has 3 rings (SSSR count). The minimum absolute atomic E-state index is 0.456. The van der Waals surface area contributed by atoms with Gasteiger partial charge in [-0.2, -0.15) is 10.2 Å². The monoisotopic (exact) mass is 323 g/mol. The number of aromatic nitrogens is 3. The van der Waals surface area contributed by atoms with Crippen LogP contribution in [-0.2, 0) is 0 Å². The molecule has 2 aromatic rings. The molecule has 1 fully saturated rings. The molecule has 24 heavy (non-hydrogen) atoms. The summed E-state index contributed by atoms with van der Waals surface area (Å²) < 4.78 is 0. The fourth-order valence-electron chi connectivity index (χ4n) is 2.77. The lowest BCUT2D eigenvalue weighted by Crippen LogP contribution is -2.47. The van der Waals surface area contributed by atoms with Crippen molar-refractivity contribution in [2.24, 2.45) is 0 Å². The van der Waals surface area contributed by atoms with Crippen LogP contribution in [0, 0.1) is 18.3 Å². The van der Waals surface area contributed by atoms with Crippen molar-refractivity contribution in [3.8, 4) is 6.07 Å². The number of hydrogen-bond acceptors (Lipinski definition) is 7. The number of anilines is 3. The second kappa shape index (κ2) is 6.71. The number of aryl methyl sites for hydroxylation is 1. The molecule has 2 aromatic heterocycles. The highest BCUT2D eigenvalue weighted by Crippen LogP contribution is 2.21. The van der Waals surface area contributed by atoms with Gasteiger partial charge < -0.3 is 14.7 Å². The normalized spacial score (nSPS) is 14.4. The molecule has 3 heterocycles. The molecule has 1 aliphatic heterocycles. The summed E-state index contributed by atoms with van der Waals surface area (Å²) in [7, 11) is 3.90.